The summed E-state index contributed by atoms with van der Waals surface area (Å²) in [5.74, 6) is -0.817. The van der Waals surface area contributed by atoms with Crippen LogP contribution in [-0.4, -0.2) is 17.9 Å². The molecule has 0 unspecified atom stereocenters. The Kier molecular flexibility index (Phi) is 5.54. The first-order chi connectivity index (χ1) is 12.5. The number of nitrogens with two attached hydrogens (primary N) is 1. The van der Waals surface area contributed by atoms with Crippen LogP contribution in [0.25, 0.3) is 10.8 Å². The van der Waals surface area contributed by atoms with Gasteiger partial charge >= 0.3 is 0 Å². The number of carbonyl (C=O) groups is 2. The zero-order valence-electron chi connectivity index (χ0n) is 14.1. The van der Waals surface area contributed by atoms with Crippen molar-refractivity contribution < 1.29 is 9.59 Å². The molecule has 0 fully saturated rings. The predicted octanol–water partition coefficient (Wildman–Crippen LogP) is 3.25. The molecule has 0 spiro atoms. The van der Waals surface area contributed by atoms with Crippen molar-refractivity contribution >= 4 is 34.2 Å². The van der Waals surface area contributed by atoms with Crippen molar-refractivity contribution in [3.63, 3.8) is 0 Å². The number of hydrogen-bond donors (Lipinski definition) is 2. The second kappa shape index (κ2) is 8.02. The molecule has 3 N–H and O–H groups in total. The summed E-state index contributed by atoms with van der Waals surface area (Å²) in [6.45, 7) is 0. The third-order valence-electron chi connectivity index (χ3n) is 4.19. The van der Waals surface area contributed by atoms with E-state index in [1.54, 1.807) is 18.2 Å². The van der Waals surface area contributed by atoms with Crippen molar-refractivity contribution in [3.8, 4) is 0 Å². The van der Waals surface area contributed by atoms with E-state index in [-0.39, 0.29) is 12.3 Å². The molecular formula is C21H19ClN2O2. The van der Waals surface area contributed by atoms with Crippen molar-refractivity contribution in [1.82, 2.24) is 5.32 Å². The Morgan fingerprint density at radius 2 is 1.69 bits per heavy atom. The summed E-state index contributed by atoms with van der Waals surface area (Å²) in [4.78, 5) is 24.1. The average Bonchev–Trinajstić information content (AvgIpc) is 2.61. The molecule has 3 rings (SSSR count). The van der Waals surface area contributed by atoms with Crippen LogP contribution in [0.15, 0.2) is 66.7 Å². The lowest BCUT2D eigenvalue weighted by Crippen LogP contribution is -2.46. The zero-order valence-corrected chi connectivity index (χ0v) is 14.9. The Morgan fingerprint density at radius 1 is 0.923 bits per heavy atom. The lowest BCUT2D eigenvalue weighted by Gasteiger charge is -2.16. The number of amides is 2. The van der Waals surface area contributed by atoms with Gasteiger partial charge < -0.3 is 11.1 Å². The van der Waals surface area contributed by atoms with Gasteiger partial charge in [0.2, 0.25) is 11.8 Å². The topological polar surface area (TPSA) is 72.2 Å². The van der Waals surface area contributed by atoms with Crippen molar-refractivity contribution in [2.24, 2.45) is 5.73 Å². The molecule has 26 heavy (non-hydrogen) atoms. The van der Waals surface area contributed by atoms with E-state index in [9.17, 15) is 9.59 Å². The van der Waals surface area contributed by atoms with E-state index in [0.717, 1.165) is 21.9 Å². The maximum Gasteiger partial charge on any atom is 0.240 e. The predicted molar refractivity (Wildman–Crippen MR) is 104 cm³/mol. The Bertz CT molecular complexity index is 955. The van der Waals surface area contributed by atoms with Gasteiger partial charge in [0.1, 0.15) is 6.04 Å². The van der Waals surface area contributed by atoms with Crippen molar-refractivity contribution in [2.45, 2.75) is 18.9 Å². The van der Waals surface area contributed by atoms with Crippen molar-refractivity contribution in [3.05, 3.63) is 82.9 Å². The molecular weight excluding hydrogens is 348 g/mol. The average molecular weight is 367 g/mol. The summed E-state index contributed by atoms with van der Waals surface area (Å²) < 4.78 is 0. The maximum absolute atomic E-state index is 12.4. The lowest BCUT2D eigenvalue weighted by atomic mass is 10.0. The smallest absolute Gasteiger partial charge is 0.240 e. The number of rotatable bonds is 6. The molecule has 4 nitrogen and oxygen atoms in total. The molecule has 132 valence electrons. The largest absolute Gasteiger partial charge is 0.368 e. The van der Waals surface area contributed by atoms with Gasteiger partial charge in [-0.2, -0.15) is 0 Å². The highest BCUT2D eigenvalue weighted by Gasteiger charge is 2.19. The van der Waals surface area contributed by atoms with Crippen LogP contribution in [0, 0.1) is 0 Å². The van der Waals surface area contributed by atoms with E-state index in [1.165, 1.54) is 0 Å². The molecule has 1 atom stereocenters. The number of nitrogens with one attached hydrogen (secondary N) is 1. The van der Waals surface area contributed by atoms with Crippen LogP contribution in [0.5, 0.6) is 0 Å². The third-order valence-corrected chi connectivity index (χ3v) is 4.42. The summed E-state index contributed by atoms with van der Waals surface area (Å²) in [6, 6.07) is 20.2. The second-order valence-corrected chi connectivity index (χ2v) is 6.65. The van der Waals surface area contributed by atoms with Gasteiger partial charge in [0, 0.05) is 11.4 Å². The lowest BCUT2D eigenvalue weighted by molar-refractivity contribution is -0.127. The van der Waals surface area contributed by atoms with Crippen LogP contribution in [-0.2, 0) is 22.4 Å². The number of primary amides is 1. The Labute approximate surface area is 157 Å². The molecule has 0 aliphatic carbocycles. The van der Waals surface area contributed by atoms with Gasteiger partial charge in [-0.3, -0.25) is 9.59 Å². The standard InChI is InChI=1S/C21H19ClN2O2/c22-18-7-3-4-14(11-18)12-19(21(23)26)24-20(25)13-15-8-9-16-5-1-2-6-17(16)10-15/h1-11,19H,12-13H2,(H2,23,26)(H,24,25)/t19-/m1/s1. The first-order valence-corrected chi connectivity index (χ1v) is 8.70. The van der Waals surface area contributed by atoms with E-state index in [4.69, 9.17) is 17.3 Å². The van der Waals surface area contributed by atoms with Crippen molar-refractivity contribution in [1.29, 1.82) is 0 Å². The quantitative estimate of drug-likeness (QED) is 0.702. The highest BCUT2D eigenvalue weighted by atomic mass is 35.5. The van der Waals surface area contributed by atoms with Gasteiger partial charge in [-0.15, -0.1) is 0 Å². The van der Waals surface area contributed by atoms with E-state index in [2.05, 4.69) is 5.32 Å². The van der Waals surface area contributed by atoms with Gasteiger partial charge in [0.15, 0.2) is 0 Å². The number of benzene rings is 3. The summed E-state index contributed by atoms with van der Waals surface area (Å²) >= 11 is 5.97. The Hall–Kier alpha value is -2.85. The molecule has 0 aliphatic heterocycles. The molecule has 3 aromatic carbocycles. The van der Waals surface area contributed by atoms with Gasteiger partial charge in [-0.05, 0) is 34.0 Å². The molecule has 0 saturated carbocycles. The molecule has 0 aliphatic rings. The van der Waals surface area contributed by atoms with Crippen LogP contribution < -0.4 is 11.1 Å². The fourth-order valence-electron chi connectivity index (χ4n) is 2.90. The SMILES string of the molecule is NC(=O)[C@@H](Cc1cccc(Cl)c1)NC(=O)Cc1ccc2ccccc2c1. The van der Waals surface area contributed by atoms with Crippen LogP contribution >= 0.6 is 11.6 Å². The molecule has 3 aromatic rings. The van der Waals surface area contributed by atoms with Gasteiger partial charge in [0.25, 0.3) is 0 Å². The van der Waals surface area contributed by atoms with Gasteiger partial charge in [-0.25, -0.2) is 0 Å². The summed E-state index contributed by atoms with van der Waals surface area (Å²) in [7, 11) is 0. The molecule has 0 aromatic heterocycles. The fraction of sp³-hybridized carbons (Fsp3) is 0.143. The normalized spacial score (nSPS) is 11.9. The number of hydrogen-bond acceptors (Lipinski definition) is 2. The van der Waals surface area contributed by atoms with Crippen LogP contribution in [0.4, 0.5) is 0 Å². The van der Waals surface area contributed by atoms with E-state index >= 15 is 0 Å². The van der Waals surface area contributed by atoms with E-state index in [1.807, 2.05) is 48.5 Å². The molecule has 2 amide bonds. The Balaban J connectivity index is 1.68. The molecule has 0 radical (unpaired) electrons. The molecule has 0 bridgehead atoms. The number of halogens is 1. The first kappa shape index (κ1) is 18.0. The van der Waals surface area contributed by atoms with Crippen LogP contribution in [0.2, 0.25) is 5.02 Å². The minimum atomic E-state index is -0.776. The van der Waals surface area contributed by atoms with Crippen LogP contribution in [0.3, 0.4) is 0 Å². The summed E-state index contributed by atoms with van der Waals surface area (Å²) in [5.41, 5.74) is 7.17. The van der Waals surface area contributed by atoms with Crippen molar-refractivity contribution in [2.75, 3.05) is 0 Å². The first-order valence-electron chi connectivity index (χ1n) is 8.32. The molecule has 0 saturated heterocycles. The second-order valence-electron chi connectivity index (χ2n) is 6.21. The van der Waals surface area contributed by atoms with Gasteiger partial charge in [-0.1, -0.05) is 66.2 Å². The monoisotopic (exact) mass is 366 g/mol. The third kappa shape index (κ3) is 4.61. The fourth-order valence-corrected chi connectivity index (χ4v) is 3.11. The summed E-state index contributed by atoms with van der Waals surface area (Å²) in [5, 5.41) is 5.49. The van der Waals surface area contributed by atoms with Crippen LogP contribution in [0.1, 0.15) is 11.1 Å². The zero-order chi connectivity index (χ0) is 18.5. The minimum absolute atomic E-state index is 0.185. The number of carbonyl (C=O) groups excluding carboxylic acids is 2. The number of fused-ring (bicyclic) bond motifs is 1. The van der Waals surface area contributed by atoms with E-state index in [0.29, 0.717) is 11.4 Å². The van der Waals surface area contributed by atoms with E-state index < -0.39 is 11.9 Å². The summed E-state index contributed by atoms with van der Waals surface area (Å²) in [6.07, 6.45) is 0.490. The highest BCUT2D eigenvalue weighted by Crippen LogP contribution is 2.16. The molecule has 5 heteroatoms. The Morgan fingerprint density at radius 3 is 2.42 bits per heavy atom. The molecule has 0 heterocycles. The van der Waals surface area contributed by atoms with Gasteiger partial charge in [0.05, 0.1) is 6.42 Å². The highest BCUT2D eigenvalue weighted by molar-refractivity contribution is 6.30. The maximum atomic E-state index is 12.4. The minimum Gasteiger partial charge on any atom is -0.368 e.